The van der Waals surface area contributed by atoms with Gasteiger partial charge in [0.1, 0.15) is 5.82 Å². The number of nitrogens with zero attached hydrogens (tertiary/aromatic N) is 3. The van der Waals surface area contributed by atoms with E-state index in [2.05, 4.69) is 30.8 Å². The lowest BCUT2D eigenvalue weighted by Gasteiger charge is -2.12. The summed E-state index contributed by atoms with van der Waals surface area (Å²) in [5, 5.41) is 12.4. The van der Waals surface area contributed by atoms with E-state index in [1.54, 1.807) is 49.6 Å². The number of pyridine rings is 1. The van der Waals surface area contributed by atoms with Gasteiger partial charge < -0.3 is 10.6 Å². The van der Waals surface area contributed by atoms with Crippen molar-refractivity contribution in [3.8, 4) is 11.4 Å². The molecular weight excluding hydrogens is 332 g/mol. The standard InChI is InChI=1S/C18H18N6O2/c1-11(16-22-17(24-23-16)14-6-4-8-19-10-14)20-18(26)21-15-7-3-5-13(9-15)12(2)25/h3-11H,1-2H3,(H2,20,21,26)(H,22,23,24)/t11-/m0/s1. The topological polar surface area (TPSA) is 113 Å². The number of hydrogen-bond acceptors (Lipinski definition) is 5. The zero-order valence-electron chi connectivity index (χ0n) is 14.4. The number of anilines is 1. The number of nitrogens with one attached hydrogen (secondary N) is 3. The zero-order chi connectivity index (χ0) is 18.5. The van der Waals surface area contributed by atoms with Gasteiger partial charge >= 0.3 is 6.03 Å². The van der Waals surface area contributed by atoms with Crippen molar-refractivity contribution in [2.45, 2.75) is 19.9 Å². The fraction of sp³-hybridized carbons (Fsp3) is 0.167. The third kappa shape index (κ3) is 4.10. The van der Waals surface area contributed by atoms with Crippen LogP contribution in [0.1, 0.15) is 36.1 Å². The Bertz CT molecular complexity index is 922. The van der Waals surface area contributed by atoms with Gasteiger partial charge in [-0.25, -0.2) is 9.78 Å². The van der Waals surface area contributed by atoms with E-state index >= 15 is 0 Å². The Balaban J connectivity index is 1.64. The number of Topliss-reactive ketones (excluding diaryl/α,β-unsaturated/α-hetero) is 1. The number of aromatic amines is 1. The quantitative estimate of drug-likeness (QED) is 0.612. The Morgan fingerprint density at radius 3 is 2.77 bits per heavy atom. The van der Waals surface area contributed by atoms with E-state index in [9.17, 15) is 9.59 Å². The number of amides is 2. The molecule has 2 aromatic heterocycles. The van der Waals surface area contributed by atoms with Crippen molar-refractivity contribution in [2.75, 3.05) is 5.32 Å². The van der Waals surface area contributed by atoms with Gasteiger partial charge in [0, 0.05) is 29.2 Å². The summed E-state index contributed by atoms with van der Waals surface area (Å²) in [6.07, 6.45) is 3.34. The Hall–Kier alpha value is -3.55. The number of urea groups is 1. The van der Waals surface area contributed by atoms with Crippen molar-refractivity contribution < 1.29 is 9.59 Å². The number of carbonyl (C=O) groups excluding carboxylic acids is 2. The predicted molar refractivity (Wildman–Crippen MR) is 96.6 cm³/mol. The maximum absolute atomic E-state index is 12.2. The molecule has 1 aromatic carbocycles. The summed E-state index contributed by atoms with van der Waals surface area (Å²) >= 11 is 0. The Morgan fingerprint density at radius 2 is 2.04 bits per heavy atom. The number of aromatic nitrogens is 4. The molecule has 1 atom stereocenters. The molecule has 2 heterocycles. The van der Waals surface area contributed by atoms with Gasteiger partial charge in [-0.2, -0.15) is 5.10 Å². The minimum absolute atomic E-state index is 0.0629. The van der Waals surface area contributed by atoms with Crippen LogP contribution in [0.4, 0.5) is 10.5 Å². The number of benzene rings is 1. The molecular formula is C18H18N6O2. The first-order chi connectivity index (χ1) is 12.5. The molecule has 0 bridgehead atoms. The molecule has 8 heteroatoms. The number of hydrogen-bond donors (Lipinski definition) is 3. The van der Waals surface area contributed by atoms with E-state index in [-0.39, 0.29) is 11.8 Å². The molecule has 3 rings (SSSR count). The number of rotatable bonds is 5. The van der Waals surface area contributed by atoms with Crippen molar-refractivity contribution >= 4 is 17.5 Å². The van der Waals surface area contributed by atoms with Gasteiger partial charge in [0.05, 0.1) is 6.04 Å². The Labute approximate surface area is 150 Å². The highest BCUT2D eigenvalue weighted by molar-refractivity contribution is 5.96. The lowest BCUT2D eigenvalue weighted by Crippen LogP contribution is -2.31. The second-order valence-electron chi connectivity index (χ2n) is 5.74. The van der Waals surface area contributed by atoms with Gasteiger partial charge in [0.15, 0.2) is 11.6 Å². The molecule has 0 aliphatic rings. The van der Waals surface area contributed by atoms with Gasteiger partial charge in [-0.15, -0.1) is 0 Å². The molecule has 0 aliphatic carbocycles. The summed E-state index contributed by atoms with van der Waals surface area (Å²) < 4.78 is 0. The highest BCUT2D eigenvalue weighted by Crippen LogP contribution is 2.16. The molecule has 8 nitrogen and oxygen atoms in total. The van der Waals surface area contributed by atoms with Crippen LogP contribution in [0.5, 0.6) is 0 Å². The van der Waals surface area contributed by atoms with Gasteiger partial charge in [-0.3, -0.25) is 14.9 Å². The average Bonchev–Trinajstić information content (AvgIpc) is 3.13. The molecule has 3 N–H and O–H groups in total. The van der Waals surface area contributed by atoms with Crippen LogP contribution in [0.2, 0.25) is 0 Å². The second kappa shape index (κ2) is 7.56. The van der Waals surface area contributed by atoms with Crippen LogP contribution in [0.3, 0.4) is 0 Å². The zero-order valence-corrected chi connectivity index (χ0v) is 14.4. The molecule has 0 saturated carbocycles. The monoisotopic (exact) mass is 350 g/mol. The summed E-state index contributed by atoms with van der Waals surface area (Å²) in [4.78, 5) is 32.0. The smallest absolute Gasteiger partial charge is 0.319 e. The molecule has 0 radical (unpaired) electrons. The van der Waals surface area contributed by atoms with Gasteiger partial charge in [-0.05, 0) is 38.1 Å². The summed E-state index contributed by atoms with van der Waals surface area (Å²) in [6, 6.07) is 9.62. The van der Waals surface area contributed by atoms with E-state index < -0.39 is 6.03 Å². The number of ketones is 1. The summed E-state index contributed by atoms with van der Waals surface area (Å²) in [5.74, 6) is 0.972. The molecule has 3 aromatic rings. The largest absolute Gasteiger partial charge is 0.328 e. The van der Waals surface area contributed by atoms with E-state index in [4.69, 9.17) is 0 Å². The Morgan fingerprint density at radius 1 is 1.19 bits per heavy atom. The molecule has 0 aliphatic heterocycles. The lowest BCUT2D eigenvalue weighted by atomic mass is 10.1. The van der Waals surface area contributed by atoms with Crippen molar-refractivity contribution in [3.63, 3.8) is 0 Å². The first-order valence-corrected chi connectivity index (χ1v) is 8.04. The third-order valence-electron chi connectivity index (χ3n) is 3.71. The molecule has 2 amide bonds. The van der Waals surface area contributed by atoms with Crippen LogP contribution < -0.4 is 10.6 Å². The minimum atomic E-state index is -0.405. The Kier molecular flexibility index (Phi) is 5.02. The van der Waals surface area contributed by atoms with Crippen LogP contribution in [0.15, 0.2) is 48.8 Å². The van der Waals surface area contributed by atoms with Crippen LogP contribution >= 0.6 is 0 Å². The fourth-order valence-electron chi connectivity index (χ4n) is 2.34. The molecule has 26 heavy (non-hydrogen) atoms. The summed E-state index contributed by atoms with van der Waals surface area (Å²) in [6.45, 7) is 3.27. The fourth-order valence-corrected chi connectivity index (χ4v) is 2.34. The second-order valence-corrected chi connectivity index (χ2v) is 5.74. The summed E-state index contributed by atoms with van der Waals surface area (Å²) in [7, 11) is 0. The lowest BCUT2D eigenvalue weighted by molar-refractivity contribution is 0.101. The van der Waals surface area contributed by atoms with E-state index in [1.165, 1.54) is 6.92 Å². The maximum Gasteiger partial charge on any atom is 0.319 e. The highest BCUT2D eigenvalue weighted by atomic mass is 16.2. The molecule has 0 spiro atoms. The minimum Gasteiger partial charge on any atom is -0.328 e. The van der Waals surface area contributed by atoms with Gasteiger partial charge in [0.2, 0.25) is 0 Å². The van der Waals surface area contributed by atoms with Crippen molar-refractivity contribution in [1.29, 1.82) is 0 Å². The first-order valence-electron chi connectivity index (χ1n) is 8.04. The average molecular weight is 350 g/mol. The highest BCUT2D eigenvalue weighted by Gasteiger charge is 2.15. The van der Waals surface area contributed by atoms with Crippen molar-refractivity contribution in [1.82, 2.24) is 25.5 Å². The number of carbonyl (C=O) groups is 2. The van der Waals surface area contributed by atoms with Crippen LogP contribution in [-0.2, 0) is 0 Å². The van der Waals surface area contributed by atoms with Crippen LogP contribution in [-0.4, -0.2) is 32.0 Å². The normalized spacial score (nSPS) is 11.6. The SMILES string of the molecule is CC(=O)c1cccc(NC(=O)N[C@@H](C)c2nc(-c3cccnc3)n[nH]2)c1. The van der Waals surface area contributed by atoms with Gasteiger partial charge in [0.25, 0.3) is 0 Å². The van der Waals surface area contributed by atoms with Crippen molar-refractivity contribution in [3.05, 3.63) is 60.2 Å². The predicted octanol–water partition coefficient (Wildman–Crippen LogP) is 2.95. The van der Waals surface area contributed by atoms with E-state index in [1.807, 2.05) is 6.07 Å². The van der Waals surface area contributed by atoms with E-state index in [0.717, 1.165) is 5.56 Å². The molecule has 0 saturated heterocycles. The summed E-state index contributed by atoms with van der Waals surface area (Å²) in [5.41, 5.74) is 1.86. The maximum atomic E-state index is 12.2. The third-order valence-corrected chi connectivity index (χ3v) is 3.71. The molecule has 0 fully saturated rings. The number of H-pyrrole nitrogens is 1. The first kappa shape index (κ1) is 17.3. The van der Waals surface area contributed by atoms with Gasteiger partial charge in [-0.1, -0.05) is 12.1 Å². The molecule has 132 valence electrons. The van der Waals surface area contributed by atoms with Crippen LogP contribution in [0, 0.1) is 0 Å². The van der Waals surface area contributed by atoms with Crippen LogP contribution in [0.25, 0.3) is 11.4 Å². The van der Waals surface area contributed by atoms with Crippen molar-refractivity contribution in [2.24, 2.45) is 0 Å². The molecule has 0 unspecified atom stereocenters. The van der Waals surface area contributed by atoms with E-state index in [0.29, 0.717) is 22.9 Å².